The standard InChI is InChI=1S/C15H17BrN2O2/c1-2-7-18-14(11(16)9-17-18)15(19)13-8-10-5-3-4-6-12(10)20-13/h3-6,9,13,15,19H,2,7-8H2,1H3. The van der Waals surface area contributed by atoms with Gasteiger partial charge in [-0.05, 0) is 34.0 Å². The van der Waals surface area contributed by atoms with Crippen LogP contribution in [-0.2, 0) is 13.0 Å². The zero-order valence-corrected chi connectivity index (χ0v) is 12.9. The maximum atomic E-state index is 10.7. The lowest BCUT2D eigenvalue weighted by Gasteiger charge is -2.20. The molecule has 0 saturated carbocycles. The first-order valence-electron chi connectivity index (χ1n) is 6.84. The molecule has 1 aromatic heterocycles. The van der Waals surface area contributed by atoms with Crippen LogP contribution in [0.15, 0.2) is 34.9 Å². The van der Waals surface area contributed by atoms with Crippen molar-refractivity contribution in [1.29, 1.82) is 0 Å². The Morgan fingerprint density at radius 3 is 3.05 bits per heavy atom. The van der Waals surface area contributed by atoms with Crippen molar-refractivity contribution in [2.45, 2.75) is 38.5 Å². The molecular formula is C15H17BrN2O2. The fourth-order valence-corrected chi connectivity index (χ4v) is 3.15. The van der Waals surface area contributed by atoms with Gasteiger partial charge in [0.25, 0.3) is 0 Å². The van der Waals surface area contributed by atoms with E-state index in [0.717, 1.165) is 40.9 Å². The van der Waals surface area contributed by atoms with E-state index in [2.05, 4.69) is 28.0 Å². The zero-order valence-electron chi connectivity index (χ0n) is 11.3. The Bertz CT molecular complexity index is 587. The van der Waals surface area contributed by atoms with Crippen LogP contribution in [-0.4, -0.2) is 21.0 Å². The lowest BCUT2D eigenvalue weighted by atomic mass is 10.0. The fraction of sp³-hybridized carbons (Fsp3) is 0.400. The summed E-state index contributed by atoms with van der Waals surface area (Å²) < 4.78 is 8.55. The first-order chi connectivity index (χ1) is 9.70. The molecule has 0 fully saturated rings. The molecule has 2 heterocycles. The SMILES string of the molecule is CCCn1ncc(Br)c1C(O)C1Cc2ccccc2O1. The molecule has 4 nitrogen and oxygen atoms in total. The molecule has 5 heteroatoms. The van der Waals surface area contributed by atoms with Crippen LogP contribution >= 0.6 is 15.9 Å². The Hall–Kier alpha value is -1.33. The Labute approximate surface area is 126 Å². The van der Waals surface area contributed by atoms with Crippen LogP contribution in [0.5, 0.6) is 5.75 Å². The van der Waals surface area contributed by atoms with Crippen LogP contribution in [0.2, 0.25) is 0 Å². The Morgan fingerprint density at radius 2 is 2.30 bits per heavy atom. The van der Waals surface area contributed by atoms with Gasteiger partial charge in [-0.15, -0.1) is 0 Å². The molecule has 0 radical (unpaired) electrons. The van der Waals surface area contributed by atoms with Crippen LogP contribution in [0.4, 0.5) is 0 Å². The van der Waals surface area contributed by atoms with Gasteiger partial charge in [0, 0.05) is 13.0 Å². The van der Waals surface area contributed by atoms with Gasteiger partial charge in [0.15, 0.2) is 0 Å². The van der Waals surface area contributed by atoms with Gasteiger partial charge in [0.2, 0.25) is 0 Å². The number of aryl methyl sites for hydroxylation is 1. The topological polar surface area (TPSA) is 47.3 Å². The molecule has 2 unspecified atom stereocenters. The number of hydrogen-bond donors (Lipinski definition) is 1. The number of hydrogen-bond acceptors (Lipinski definition) is 3. The highest BCUT2D eigenvalue weighted by Gasteiger charge is 2.33. The van der Waals surface area contributed by atoms with Gasteiger partial charge in [-0.1, -0.05) is 25.1 Å². The van der Waals surface area contributed by atoms with Crippen LogP contribution < -0.4 is 4.74 Å². The van der Waals surface area contributed by atoms with Crippen molar-refractivity contribution in [3.05, 3.63) is 46.2 Å². The molecule has 3 rings (SSSR count). The van der Waals surface area contributed by atoms with Gasteiger partial charge < -0.3 is 9.84 Å². The summed E-state index contributed by atoms with van der Waals surface area (Å²) in [6.07, 6.45) is 2.48. The summed E-state index contributed by atoms with van der Waals surface area (Å²) in [5.74, 6) is 0.870. The molecule has 1 aliphatic heterocycles. The zero-order chi connectivity index (χ0) is 14.1. The number of benzene rings is 1. The van der Waals surface area contributed by atoms with Gasteiger partial charge in [-0.3, -0.25) is 4.68 Å². The van der Waals surface area contributed by atoms with Crippen LogP contribution in [0.3, 0.4) is 0 Å². The van der Waals surface area contributed by atoms with E-state index < -0.39 is 6.10 Å². The summed E-state index contributed by atoms with van der Waals surface area (Å²) in [6.45, 7) is 2.88. The van der Waals surface area contributed by atoms with E-state index >= 15 is 0 Å². The number of aliphatic hydroxyl groups excluding tert-OH is 1. The predicted octanol–water partition coefficient (Wildman–Crippen LogP) is 3.09. The van der Waals surface area contributed by atoms with Gasteiger partial charge >= 0.3 is 0 Å². The van der Waals surface area contributed by atoms with Crippen molar-refractivity contribution in [1.82, 2.24) is 9.78 Å². The number of aromatic nitrogens is 2. The second-order valence-electron chi connectivity index (χ2n) is 5.01. The molecule has 1 aromatic carbocycles. The van der Waals surface area contributed by atoms with Gasteiger partial charge in [0.05, 0.1) is 16.4 Å². The van der Waals surface area contributed by atoms with Gasteiger partial charge in [-0.2, -0.15) is 5.10 Å². The van der Waals surface area contributed by atoms with Crippen molar-refractivity contribution < 1.29 is 9.84 Å². The fourth-order valence-electron chi connectivity index (χ4n) is 2.62. The lowest BCUT2D eigenvalue weighted by molar-refractivity contribution is 0.0423. The van der Waals surface area contributed by atoms with Gasteiger partial charge in [-0.25, -0.2) is 0 Å². The van der Waals surface area contributed by atoms with Crippen molar-refractivity contribution in [3.8, 4) is 5.75 Å². The van der Waals surface area contributed by atoms with E-state index in [0.29, 0.717) is 0 Å². The van der Waals surface area contributed by atoms with E-state index in [-0.39, 0.29) is 6.10 Å². The minimum Gasteiger partial charge on any atom is -0.487 e. The number of ether oxygens (including phenoxy) is 1. The second-order valence-corrected chi connectivity index (χ2v) is 5.87. The Kier molecular flexibility index (Phi) is 3.81. The summed E-state index contributed by atoms with van der Waals surface area (Å²) in [4.78, 5) is 0. The molecular weight excluding hydrogens is 320 g/mol. The van der Waals surface area contributed by atoms with Crippen molar-refractivity contribution in [3.63, 3.8) is 0 Å². The van der Waals surface area contributed by atoms with E-state index in [4.69, 9.17) is 4.74 Å². The molecule has 0 bridgehead atoms. The molecule has 2 aromatic rings. The van der Waals surface area contributed by atoms with E-state index in [1.807, 2.05) is 28.9 Å². The summed E-state index contributed by atoms with van der Waals surface area (Å²) in [6, 6.07) is 7.93. The maximum Gasteiger partial charge on any atom is 0.134 e. The molecule has 1 N–H and O–H groups in total. The highest BCUT2D eigenvalue weighted by molar-refractivity contribution is 9.10. The van der Waals surface area contributed by atoms with Crippen molar-refractivity contribution in [2.24, 2.45) is 0 Å². The number of halogens is 1. The smallest absolute Gasteiger partial charge is 0.134 e. The summed E-state index contributed by atoms with van der Waals surface area (Å²) in [7, 11) is 0. The van der Waals surface area contributed by atoms with Crippen molar-refractivity contribution in [2.75, 3.05) is 0 Å². The Balaban J connectivity index is 1.84. The van der Waals surface area contributed by atoms with E-state index in [9.17, 15) is 5.11 Å². The maximum absolute atomic E-state index is 10.7. The summed E-state index contributed by atoms with van der Waals surface area (Å²) in [5.41, 5.74) is 1.94. The Morgan fingerprint density at radius 1 is 1.50 bits per heavy atom. The minimum atomic E-state index is -0.689. The first-order valence-corrected chi connectivity index (χ1v) is 7.63. The van der Waals surface area contributed by atoms with E-state index in [1.165, 1.54) is 0 Å². The minimum absolute atomic E-state index is 0.254. The van der Waals surface area contributed by atoms with Crippen LogP contribution in [0, 0.1) is 0 Å². The number of nitrogens with zero attached hydrogens (tertiary/aromatic N) is 2. The third-order valence-electron chi connectivity index (χ3n) is 3.57. The predicted molar refractivity (Wildman–Crippen MR) is 79.7 cm³/mol. The van der Waals surface area contributed by atoms with Crippen LogP contribution in [0.25, 0.3) is 0 Å². The monoisotopic (exact) mass is 336 g/mol. The average molecular weight is 337 g/mol. The van der Waals surface area contributed by atoms with Crippen molar-refractivity contribution >= 4 is 15.9 Å². The molecule has 106 valence electrons. The molecule has 20 heavy (non-hydrogen) atoms. The first kappa shape index (κ1) is 13.6. The molecule has 0 amide bonds. The highest BCUT2D eigenvalue weighted by Crippen LogP contribution is 2.36. The normalized spacial score (nSPS) is 18.6. The number of aliphatic hydroxyl groups is 1. The molecule has 1 aliphatic rings. The van der Waals surface area contributed by atoms with E-state index in [1.54, 1.807) is 6.20 Å². The number of rotatable bonds is 4. The van der Waals surface area contributed by atoms with Gasteiger partial charge in [0.1, 0.15) is 18.0 Å². The molecule has 2 atom stereocenters. The lowest BCUT2D eigenvalue weighted by Crippen LogP contribution is -2.26. The number of para-hydroxylation sites is 1. The average Bonchev–Trinajstić information content (AvgIpc) is 3.02. The third kappa shape index (κ3) is 2.36. The molecule has 0 saturated heterocycles. The molecule has 0 aliphatic carbocycles. The van der Waals surface area contributed by atoms with Crippen LogP contribution in [0.1, 0.15) is 30.7 Å². The second kappa shape index (κ2) is 5.58. The summed E-state index contributed by atoms with van der Waals surface area (Å²) in [5, 5.41) is 15.0. The number of fused-ring (bicyclic) bond motifs is 1. The third-order valence-corrected chi connectivity index (χ3v) is 4.18. The molecule has 0 spiro atoms. The highest BCUT2D eigenvalue weighted by atomic mass is 79.9. The summed E-state index contributed by atoms with van der Waals surface area (Å²) >= 11 is 3.47. The quantitative estimate of drug-likeness (QED) is 0.933. The largest absolute Gasteiger partial charge is 0.487 e.